The monoisotopic (exact) mass is 279 g/mol. The van der Waals surface area contributed by atoms with Gasteiger partial charge in [0.2, 0.25) is 0 Å². The summed E-state index contributed by atoms with van der Waals surface area (Å²) in [7, 11) is 1.74. The molecule has 1 heterocycles. The Bertz CT molecular complexity index is 398. The minimum Gasteiger partial charge on any atom is -0.493 e. The molecule has 114 valence electrons. The molecule has 1 N–H and O–H groups in total. The number of ether oxygens (including phenoxy) is 1. The highest BCUT2D eigenvalue weighted by atomic mass is 16.5. The highest BCUT2D eigenvalue weighted by Gasteiger charge is 2.30. The lowest BCUT2D eigenvalue weighted by atomic mass is 10.0. The lowest BCUT2D eigenvalue weighted by Crippen LogP contribution is -2.32. The van der Waals surface area contributed by atoms with Crippen LogP contribution in [0.1, 0.15) is 51.6 Å². The van der Waals surface area contributed by atoms with Gasteiger partial charge in [-0.05, 0) is 51.0 Å². The first-order valence-electron chi connectivity index (χ1n) is 8.12. The smallest absolute Gasteiger partial charge is 0.159 e. The van der Waals surface area contributed by atoms with Crippen molar-refractivity contribution in [3.63, 3.8) is 0 Å². The molecule has 1 aliphatic carbocycles. The third-order valence-electron chi connectivity index (χ3n) is 4.11. The fourth-order valence-electron chi connectivity index (χ4n) is 2.85. The Morgan fingerprint density at radius 3 is 2.80 bits per heavy atom. The topological polar surface area (TPSA) is 39.1 Å². The first-order chi connectivity index (χ1) is 9.80. The number of hydrogen-bond donors (Lipinski definition) is 1. The van der Waals surface area contributed by atoms with E-state index in [1.807, 2.05) is 6.20 Å². The van der Waals surface area contributed by atoms with Crippen LogP contribution in [0.15, 0.2) is 6.20 Å². The maximum Gasteiger partial charge on any atom is 0.159 e. The molecular weight excluding hydrogens is 250 g/mol. The van der Waals surface area contributed by atoms with Crippen LogP contribution in [-0.2, 0) is 13.0 Å². The first kappa shape index (κ1) is 15.4. The van der Waals surface area contributed by atoms with E-state index in [0.717, 1.165) is 37.6 Å². The molecule has 4 heteroatoms. The molecule has 20 heavy (non-hydrogen) atoms. The number of aromatic nitrogens is 2. The molecule has 1 saturated carbocycles. The molecule has 0 bridgehead atoms. The van der Waals surface area contributed by atoms with Gasteiger partial charge in [-0.25, -0.2) is 0 Å². The molecule has 1 fully saturated rings. The molecule has 0 spiro atoms. The summed E-state index contributed by atoms with van der Waals surface area (Å²) in [6.45, 7) is 6.53. The van der Waals surface area contributed by atoms with Crippen molar-refractivity contribution < 1.29 is 4.74 Å². The molecule has 1 unspecified atom stereocenters. The van der Waals surface area contributed by atoms with Crippen molar-refractivity contribution in [1.82, 2.24) is 15.1 Å². The third kappa shape index (κ3) is 3.98. The Morgan fingerprint density at radius 1 is 1.40 bits per heavy atom. The summed E-state index contributed by atoms with van der Waals surface area (Å²) >= 11 is 0. The number of nitrogens with one attached hydrogen (secondary N) is 1. The van der Waals surface area contributed by atoms with Gasteiger partial charge in [-0.15, -0.1) is 0 Å². The van der Waals surface area contributed by atoms with Gasteiger partial charge in [-0.3, -0.25) is 4.68 Å². The number of nitrogens with zero attached hydrogens (tertiary/aromatic N) is 2. The van der Waals surface area contributed by atoms with Crippen LogP contribution >= 0.6 is 0 Å². The molecule has 2 rings (SSSR count). The number of rotatable bonds is 10. The molecule has 1 aliphatic rings. The summed E-state index contributed by atoms with van der Waals surface area (Å²) in [5, 5.41) is 8.16. The van der Waals surface area contributed by atoms with Crippen molar-refractivity contribution in [2.24, 2.45) is 5.92 Å². The summed E-state index contributed by atoms with van der Waals surface area (Å²) in [4.78, 5) is 0. The second kappa shape index (κ2) is 7.67. The predicted octanol–water partition coefficient (Wildman–Crippen LogP) is 3.01. The molecule has 1 aromatic heterocycles. The van der Waals surface area contributed by atoms with Gasteiger partial charge in [0.05, 0.1) is 19.0 Å². The third-order valence-corrected chi connectivity index (χ3v) is 4.11. The Balaban J connectivity index is 1.95. The summed E-state index contributed by atoms with van der Waals surface area (Å²) in [5.41, 5.74) is 1.26. The Labute approximate surface area is 122 Å². The highest BCUT2D eigenvalue weighted by molar-refractivity contribution is 5.25. The molecule has 4 nitrogen and oxygen atoms in total. The SMILES string of the molecule is CCCNC(CCc1c(OC)cnn1CCC)C1CC1. The normalized spacial score (nSPS) is 16.4. The largest absolute Gasteiger partial charge is 0.493 e. The van der Waals surface area contributed by atoms with Crippen LogP contribution in [0.5, 0.6) is 5.75 Å². The number of aryl methyl sites for hydroxylation is 1. The average Bonchev–Trinajstić information content (AvgIpc) is 3.22. The zero-order chi connectivity index (χ0) is 14.4. The van der Waals surface area contributed by atoms with E-state index in [-0.39, 0.29) is 0 Å². The van der Waals surface area contributed by atoms with E-state index >= 15 is 0 Å². The van der Waals surface area contributed by atoms with Gasteiger partial charge in [-0.2, -0.15) is 5.10 Å². The first-order valence-corrected chi connectivity index (χ1v) is 8.12. The van der Waals surface area contributed by atoms with Crippen LogP contribution < -0.4 is 10.1 Å². The summed E-state index contributed by atoms with van der Waals surface area (Å²) in [5.74, 6) is 1.85. The maximum atomic E-state index is 5.46. The van der Waals surface area contributed by atoms with Gasteiger partial charge >= 0.3 is 0 Å². The molecular formula is C16H29N3O. The van der Waals surface area contributed by atoms with Crippen LogP contribution in [0.2, 0.25) is 0 Å². The van der Waals surface area contributed by atoms with E-state index in [1.54, 1.807) is 7.11 Å². The van der Waals surface area contributed by atoms with E-state index < -0.39 is 0 Å². The van der Waals surface area contributed by atoms with Gasteiger partial charge in [-0.1, -0.05) is 13.8 Å². The Morgan fingerprint density at radius 2 is 2.20 bits per heavy atom. The molecule has 0 amide bonds. The van der Waals surface area contributed by atoms with Gasteiger partial charge in [0.25, 0.3) is 0 Å². The van der Waals surface area contributed by atoms with E-state index in [0.29, 0.717) is 6.04 Å². The van der Waals surface area contributed by atoms with E-state index in [9.17, 15) is 0 Å². The van der Waals surface area contributed by atoms with E-state index in [2.05, 4.69) is 28.9 Å². The fraction of sp³-hybridized carbons (Fsp3) is 0.812. The van der Waals surface area contributed by atoms with E-state index in [1.165, 1.54) is 31.4 Å². The van der Waals surface area contributed by atoms with Gasteiger partial charge in [0.15, 0.2) is 5.75 Å². The zero-order valence-electron chi connectivity index (χ0n) is 13.2. The van der Waals surface area contributed by atoms with Gasteiger partial charge in [0.1, 0.15) is 0 Å². The van der Waals surface area contributed by atoms with Crippen molar-refractivity contribution in [1.29, 1.82) is 0 Å². The van der Waals surface area contributed by atoms with Crippen LogP contribution in [0.3, 0.4) is 0 Å². The van der Waals surface area contributed by atoms with Crippen molar-refractivity contribution in [2.75, 3.05) is 13.7 Å². The molecule has 1 aromatic rings. The maximum absolute atomic E-state index is 5.46. The molecule has 0 radical (unpaired) electrons. The zero-order valence-corrected chi connectivity index (χ0v) is 13.2. The average molecular weight is 279 g/mol. The second-order valence-corrected chi connectivity index (χ2v) is 5.82. The fourth-order valence-corrected chi connectivity index (χ4v) is 2.85. The molecule has 0 aliphatic heterocycles. The molecule has 0 saturated heterocycles. The quantitative estimate of drug-likeness (QED) is 0.715. The van der Waals surface area contributed by atoms with Crippen molar-refractivity contribution >= 4 is 0 Å². The summed E-state index contributed by atoms with van der Waals surface area (Å²) < 4.78 is 7.57. The second-order valence-electron chi connectivity index (χ2n) is 5.82. The van der Waals surface area contributed by atoms with Crippen molar-refractivity contribution in [3.8, 4) is 5.75 Å². The van der Waals surface area contributed by atoms with Gasteiger partial charge < -0.3 is 10.1 Å². The Kier molecular flexibility index (Phi) is 5.89. The summed E-state index contributed by atoms with van der Waals surface area (Å²) in [6.07, 6.45) is 9.21. The van der Waals surface area contributed by atoms with Crippen molar-refractivity contribution in [2.45, 2.75) is 65.0 Å². The minimum atomic E-state index is 0.671. The predicted molar refractivity (Wildman–Crippen MR) is 82.2 cm³/mol. The van der Waals surface area contributed by atoms with Crippen LogP contribution in [0.4, 0.5) is 0 Å². The molecule has 0 aromatic carbocycles. The minimum absolute atomic E-state index is 0.671. The lowest BCUT2D eigenvalue weighted by molar-refractivity contribution is 0.395. The molecule has 1 atom stereocenters. The van der Waals surface area contributed by atoms with Gasteiger partial charge in [0, 0.05) is 12.6 Å². The number of hydrogen-bond acceptors (Lipinski definition) is 3. The standard InChI is InChI=1S/C16H29N3O/c1-4-10-17-14(13-6-7-13)8-9-15-16(20-3)12-18-19(15)11-5-2/h12-14,17H,4-11H2,1-3H3. The van der Waals surface area contributed by atoms with Crippen LogP contribution in [0.25, 0.3) is 0 Å². The highest BCUT2D eigenvalue weighted by Crippen LogP contribution is 2.35. The van der Waals surface area contributed by atoms with Crippen molar-refractivity contribution in [3.05, 3.63) is 11.9 Å². The van der Waals surface area contributed by atoms with Crippen LogP contribution in [-0.4, -0.2) is 29.5 Å². The lowest BCUT2D eigenvalue weighted by Gasteiger charge is -2.18. The Hall–Kier alpha value is -1.03. The van der Waals surface area contributed by atoms with E-state index in [4.69, 9.17) is 4.74 Å². The number of methoxy groups -OCH3 is 1. The summed E-state index contributed by atoms with van der Waals surface area (Å²) in [6, 6.07) is 0.671. The van der Waals surface area contributed by atoms with Crippen LogP contribution in [0, 0.1) is 5.92 Å².